The van der Waals surface area contributed by atoms with Crippen molar-refractivity contribution in [3.63, 3.8) is 0 Å². The summed E-state index contributed by atoms with van der Waals surface area (Å²) in [6.07, 6.45) is 12.3. The monoisotopic (exact) mass is 307 g/mol. The average Bonchev–Trinajstić information content (AvgIpc) is 3.17. The van der Waals surface area contributed by atoms with Crippen molar-refractivity contribution in [1.82, 2.24) is 0 Å². The first-order valence-corrected chi connectivity index (χ1v) is 8.21. The molecule has 0 aromatic carbocycles. The molecular weight excluding hydrogens is 278 g/mol. The molecule has 0 atom stereocenters. The molecule has 2 aliphatic rings. The normalized spacial score (nSPS) is 19.5. The fourth-order valence-electron chi connectivity index (χ4n) is 3.10. The van der Waals surface area contributed by atoms with Crippen molar-refractivity contribution >= 4 is 11.9 Å². The van der Waals surface area contributed by atoms with Crippen LogP contribution < -0.4 is 5.73 Å². The van der Waals surface area contributed by atoms with Crippen molar-refractivity contribution in [3.05, 3.63) is 23.8 Å². The summed E-state index contributed by atoms with van der Waals surface area (Å²) in [5.74, 6) is 0.594. The minimum Gasteiger partial charge on any atom is -0.466 e. The Morgan fingerprint density at radius 1 is 1.09 bits per heavy atom. The van der Waals surface area contributed by atoms with Gasteiger partial charge in [-0.05, 0) is 44.4 Å². The van der Waals surface area contributed by atoms with Gasteiger partial charge in [0.1, 0.15) is 0 Å². The van der Waals surface area contributed by atoms with Crippen LogP contribution in [0.5, 0.6) is 0 Å². The number of carbonyl (C=O) groups excluding carboxylic acids is 2. The summed E-state index contributed by atoms with van der Waals surface area (Å²) in [7, 11) is 1.50. The van der Waals surface area contributed by atoms with Crippen LogP contribution in [0.1, 0.15) is 58.3 Å². The van der Waals surface area contributed by atoms with E-state index in [-0.39, 0.29) is 5.97 Å². The molecule has 0 aromatic heterocycles. The third kappa shape index (κ3) is 6.04. The molecular formula is C18H29NO3. The van der Waals surface area contributed by atoms with Crippen LogP contribution in [0.25, 0.3) is 0 Å². The third-order valence-electron chi connectivity index (χ3n) is 4.45. The molecule has 2 aliphatic carbocycles. The quantitative estimate of drug-likeness (QED) is 0.638. The van der Waals surface area contributed by atoms with Crippen molar-refractivity contribution in [3.8, 4) is 0 Å². The third-order valence-corrected chi connectivity index (χ3v) is 4.45. The molecule has 124 valence electrons. The molecule has 0 aromatic rings. The Labute approximate surface area is 133 Å². The van der Waals surface area contributed by atoms with E-state index >= 15 is 0 Å². The highest BCUT2D eigenvalue weighted by molar-refractivity contribution is 5.90. The number of methoxy groups -OCH3 is 1. The zero-order chi connectivity index (χ0) is 16.5. The van der Waals surface area contributed by atoms with Crippen LogP contribution in [0.2, 0.25) is 0 Å². The van der Waals surface area contributed by atoms with Gasteiger partial charge in [0, 0.05) is 11.1 Å². The van der Waals surface area contributed by atoms with Crippen LogP contribution in [-0.2, 0) is 14.3 Å². The van der Waals surface area contributed by atoms with E-state index in [0.717, 1.165) is 5.57 Å². The largest absolute Gasteiger partial charge is 0.466 e. The Balaban J connectivity index is 0.000000346. The molecule has 0 unspecified atom stereocenters. The molecule has 0 bridgehead atoms. The molecule has 0 aliphatic heterocycles. The molecule has 4 heteroatoms. The minimum atomic E-state index is -0.435. The maximum Gasteiger partial charge on any atom is 0.333 e. The highest BCUT2D eigenvalue weighted by atomic mass is 16.5. The summed E-state index contributed by atoms with van der Waals surface area (Å²) < 4.78 is 4.93. The summed E-state index contributed by atoms with van der Waals surface area (Å²) in [6, 6.07) is 0. The number of ether oxygens (including phenoxy) is 1. The Morgan fingerprint density at radius 2 is 1.55 bits per heavy atom. The lowest BCUT2D eigenvalue weighted by Crippen LogP contribution is -2.13. The summed E-state index contributed by atoms with van der Waals surface area (Å²) in [5, 5.41) is 0. The van der Waals surface area contributed by atoms with Gasteiger partial charge < -0.3 is 10.5 Å². The minimum absolute atomic E-state index is 0.0844. The van der Waals surface area contributed by atoms with Crippen LogP contribution in [0, 0.1) is 11.8 Å². The molecule has 0 saturated heterocycles. The van der Waals surface area contributed by atoms with Gasteiger partial charge >= 0.3 is 5.97 Å². The Kier molecular flexibility index (Phi) is 7.92. The SMILES string of the molecule is C=C(C)C(N)=O.COC(=O)C(=CC1CCCC1)C1CCCC1. The van der Waals surface area contributed by atoms with Gasteiger partial charge in [-0.25, -0.2) is 4.79 Å². The van der Waals surface area contributed by atoms with E-state index in [1.807, 2.05) is 0 Å². The fourth-order valence-corrected chi connectivity index (χ4v) is 3.10. The molecule has 0 heterocycles. The number of amides is 1. The van der Waals surface area contributed by atoms with Crippen molar-refractivity contribution in [2.45, 2.75) is 58.3 Å². The first-order chi connectivity index (χ1) is 10.5. The first kappa shape index (κ1) is 18.5. The standard InChI is InChI=1S/C14H22O2.C4H7NO/c1-16-14(15)13(12-8-4-5-9-12)10-11-6-2-3-7-11;1-3(2)4(5)6/h10-12H,2-9H2,1H3;1H2,2H3,(H2,5,6). The van der Waals surface area contributed by atoms with Crippen LogP contribution >= 0.6 is 0 Å². The Morgan fingerprint density at radius 3 is 1.95 bits per heavy atom. The fraction of sp³-hybridized carbons (Fsp3) is 0.667. The van der Waals surface area contributed by atoms with E-state index in [2.05, 4.69) is 12.7 Å². The molecule has 2 N–H and O–H groups in total. The summed E-state index contributed by atoms with van der Waals surface area (Å²) in [4.78, 5) is 21.6. The van der Waals surface area contributed by atoms with Crippen molar-refractivity contribution in [2.75, 3.05) is 7.11 Å². The smallest absolute Gasteiger partial charge is 0.333 e. The number of hydrogen-bond acceptors (Lipinski definition) is 3. The van der Waals surface area contributed by atoms with Gasteiger partial charge in [0.25, 0.3) is 0 Å². The first-order valence-electron chi connectivity index (χ1n) is 8.21. The lowest BCUT2D eigenvalue weighted by Gasteiger charge is -2.14. The number of hydrogen-bond donors (Lipinski definition) is 1. The molecule has 4 nitrogen and oxygen atoms in total. The Hall–Kier alpha value is -1.58. The van der Waals surface area contributed by atoms with Crippen LogP contribution in [0.3, 0.4) is 0 Å². The van der Waals surface area contributed by atoms with Gasteiger partial charge in [-0.2, -0.15) is 0 Å². The molecule has 2 saturated carbocycles. The molecule has 1 amide bonds. The molecule has 22 heavy (non-hydrogen) atoms. The lowest BCUT2D eigenvalue weighted by atomic mass is 9.93. The van der Waals surface area contributed by atoms with Crippen LogP contribution in [-0.4, -0.2) is 19.0 Å². The van der Waals surface area contributed by atoms with Crippen molar-refractivity contribution < 1.29 is 14.3 Å². The molecule has 0 spiro atoms. The number of nitrogens with two attached hydrogens (primary N) is 1. The maximum absolute atomic E-state index is 11.8. The van der Waals surface area contributed by atoms with Crippen molar-refractivity contribution in [1.29, 1.82) is 0 Å². The van der Waals surface area contributed by atoms with E-state index in [1.54, 1.807) is 6.92 Å². The van der Waals surface area contributed by atoms with Gasteiger partial charge in [0.2, 0.25) is 5.91 Å². The average molecular weight is 307 g/mol. The van der Waals surface area contributed by atoms with Gasteiger partial charge in [-0.1, -0.05) is 38.3 Å². The lowest BCUT2D eigenvalue weighted by molar-refractivity contribution is -0.136. The second-order valence-electron chi connectivity index (χ2n) is 6.28. The Bertz CT molecular complexity index is 416. The van der Waals surface area contributed by atoms with Crippen molar-refractivity contribution in [2.24, 2.45) is 17.6 Å². The molecule has 2 fully saturated rings. The van der Waals surface area contributed by atoms with Gasteiger partial charge in [-0.3, -0.25) is 4.79 Å². The predicted molar refractivity (Wildman–Crippen MR) is 88.0 cm³/mol. The highest BCUT2D eigenvalue weighted by Gasteiger charge is 2.26. The van der Waals surface area contributed by atoms with Gasteiger partial charge in [0.05, 0.1) is 7.11 Å². The van der Waals surface area contributed by atoms with E-state index in [0.29, 0.717) is 17.4 Å². The number of esters is 1. The molecule has 2 rings (SSSR count). The number of rotatable bonds is 4. The summed E-state index contributed by atoms with van der Waals surface area (Å²) in [5.41, 5.74) is 6.07. The van der Waals surface area contributed by atoms with Gasteiger partial charge in [0.15, 0.2) is 0 Å². The highest BCUT2D eigenvalue weighted by Crippen LogP contribution is 2.35. The van der Waals surface area contributed by atoms with Crippen LogP contribution in [0.4, 0.5) is 0 Å². The van der Waals surface area contributed by atoms with Gasteiger partial charge in [-0.15, -0.1) is 0 Å². The predicted octanol–water partition coefficient (Wildman–Crippen LogP) is 3.51. The van der Waals surface area contributed by atoms with E-state index in [4.69, 9.17) is 10.5 Å². The summed E-state index contributed by atoms with van der Waals surface area (Å²) >= 11 is 0. The number of primary amides is 1. The zero-order valence-corrected chi connectivity index (χ0v) is 13.9. The second kappa shape index (κ2) is 9.44. The topological polar surface area (TPSA) is 69.4 Å². The summed E-state index contributed by atoms with van der Waals surface area (Å²) in [6.45, 7) is 4.85. The second-order valence-corrected chi connectivity index (χ2v) is 6.28. The molecule has 0 radical (unpaired) electrons. The van der Waals surface area contributed by atoms with E-state index in [9.17, 15) is 9.59 Å². The zero-order valence-electron chi connectivity index (χ0n) is 13.9. The maximum atomic E-state index is 11.8. The van der Waals surface area contributed by atoms with Crippen LogP contribution in [0.15, 0.2) is 23.8 Å². The van der Waals surface area contributed by atoms with E-state index in [1.165, 1.54) is 58.5 Å². The number of carbonyl (C=O) groups is 2. The van der Waals surface area contributed by atoms with E-state index < -0.39 is 5.91 Å². The number of allylic oxidation sites excluding steroid dienone is 1.